The molecule has 1 heterocycles. The maximum Gasteiger partial charge on any atom is 0.408 e. The molecule has 0 bridgehead atoms. The van der Waals surface area contributed by atoms with Crippen LogP contribution >= 0.6 is 15.9 Å². The number of nitrogens with one attached hydrogen (secondary N) is 1. The Labute approximate surface area is 128 Å². The Morgan fingerprint density at radius 1 is 1.48 bits per heavy atom. The first-order valence-electron chi connectivity index (χ1n) is 6.23. The van der Waals surface area contributed by atoms with Gasteiger partial charge in [-0.2, -0.15) is 18.3 Å². The molecule has 0 radical (unpaired) electrons. The van der Waals surface area contributed by atoms with Gasteiger partial charge < -0.3 is 10.1 Å². The lowest BCUT2D eigenvalue weighted by Gasteiger charge is -2.23. The predicted octanol–water partition coefficient (Wildman–Crippen LogP) is 2.65. The molecule has 120 valence electrons. The van der Waals surface area contributed by atoms with Crippen LogP contribution in [-0.4, -0.2) is 35.7 Å². The lowest BCUT2D eigenvalue weighted by Crippen LogP contribution is -2.34. The molecule has 5 nitrogen and oxygen atoms in total. The van der Waals surface area contributed by atoms with Gasteiger partial charge in [-0.05, 0) is 21.8 Å². The van der Waals surface area contributed by atoms with E-state index in [4.69, 9.17) is 4.74 Å². The van der Waals surface area contributed by atoms with Gasteiger partial charge in [0.25, 0.3) is 5.56 Å². The summed E-state index contributed by atoms with van der Waals surface area (Å²) in [6.07, 6.45) is -3.30. The first kappa shape index (κ1) is 18.0. The van der Waals surface area contributed by atoms with Gasteiger partial charge >= 0.3 is 6.18 Å². The third-order valence-electron chi connectivity index (χ3n) is 2.81. The van der Waals surface area contributed by atoms with Crippen LogP contribution in [0.1, 0.15) is 13.8 Å². The summed E-state index contributed by atoms with van der Waals surface area (Å²) in [7, 11) is 1.55. The topological polar surface area (TPSA) is 56.1 Å². The standard InChI is InChI=1S/C12H17BrF3N3O2/c1-7(2)9(5-21-3)18-8-4-17-19(6-12(14,15)16)11(20)10(8)13/h4,7,9,18H,5-6H2,1-3H3. The van der Waals surface area contributed by atoms with E-state index in [2.05, 4.69) is 26.3 Å². The van der Waals surface area contributed by atoms with Gasteiger partial charge in [0.15, 0.2) is 0 Å². The Morgan fingerprint density at radius 3 is 2.57 bits per heavy atom. The Balaban J connectivity index is 3.01. The molecular formula is C12H17BrF3N3O2. The van der Waals surface area contributed by atoms with E-state index >= 15 is 0 Å². The molecule has 0 aromatic carbocycles. The number of hydrogen-bond donors (Lipinski definition) is 1. The Bertz CT molecular complexity index is 531. The highest BCUT2D eigenvalue weighted by molar-refractivity contribution is 9.10. The number of halogens is 4. The van der Waals surface area contributed by atoms with Crippen LogP contribution in [0.3, 0.4) is 0 Å². The quantitative estimate of drug-likeness (QED) is 0.834. The molecule has 0 spiro atoms. The van der Waals surface area contributed by atoms with Crippen molar-refractivity contribution >= 4 is 21.6 Å². The zero-order valence-corrected chi connectivity index (χ0v) is 13.5. The molecule has 1 aromatic heterocycles. The molecule has 0 saturated carbocycles. The number of rotatable bonds is 6. The maximum atomic E-state index is 12.3. The minimum Gasteiger partial charge on any atom is -0.383 e. The van der Waals surface area contributed by atoms with Gasteiger partial charge in [-0.15, -0.1) is 0 Å². The summed E-state index contributed by atoms with van der Waals surface area (Å²) in [6, 6.07) is -0.0917. The van der Waals surface area contributed by atoms with Crippen molar-refractivity contribution in [2.75, 3.05) is 19.0 Å². The number of nitrogens with zero attached hydrogens (tertiary/aromatic N) is 2. The lowest BCUT2D eigenvalue weighted by molar-refractivity contribution is -0.143. The van der Waals surface area contributed by atoms with Gasteiger partial charge in [-0.25, -0.2) is 4.68 Å². The molecule has 1 unspecified atom stereocenters. The zero-order chi connectivity index (χ0) is 16.2. The van der Waals surface area contributed by atoms with Crippen molar-refractivity contribution in [1.29, 1.82) is 0 Å². The molecule has 9 heteroatoms. The van der Waals surface area contributed by atoms with Gasteiger partial charge in [0.05, 0.1) is 24.5 Å². The van der Waals surface area contributed by atoms with Crippen molar-refractivity contribution in [3.05, 3.63) is 21.0 Å². The van der Waals surface area contributed by atoms with E-state index in [9.17, 15) is 18.0 Å². The van der Waals surface area contributed by atoms with E-state index in [0.717, 1.165) is 0 Å². The second-order valence-electron chi connectivity index (χ2n) is 4.90. The normalized spacial score (nSPS) is 13.5. The molecule has 1 rings (SSSR count). The van der Waals surface area contributed by atoms with E-state index in [1.165, 1.54) is 6.20 Å². The summed E-state index contributed by atoms with van der Waals surface area (Å²) >= 11 is 3.02. The fourth-order valence-electron chi connectivity index (χ4n) is 1.63. The van der Waals surface area contributed by atoms with Crippen molar-refractivity contribution in [1.82, 2.24) is 9.78 Å². The highest BCUT2D eigenvalue weighted by atomic mass is 79.9. The van der Waals surface area contributed by atoms with Gasteiger partial charge in [-0.3, -0.25) is 4.79 Å². The van der Waals surface area contributed by atoms with Crippen LogP contribution in [-0.2, 0) is 11.3 Å². The Morgan fingerprint density at radius 2 is 2.10 bits per heavy atom. The second kappa shape index (κ2) is 7.26. The van der Waals surface area contributed by atoms with Gasteiger partial charge in [0, 0.05) is 7.11 Å². The Kier molecular flexibility index (Phi) is 6.21. The summed E-state index contributed by atoms with van der Waals surface area (Å²) < 4.78 is 42.4. The number of anilines is 1. The van der Waals surface area contributed by atoms with Crippen molar-refractivity contribution in [3.8, 4) is 0 Å². The minimum atomic E-state index is -4.50. The number of hydrogen-bond acceptors (Lipinski definition) is 4. The molecule has 0 amide bonds. The van der Waals surface area contributed by atoms with Crippen LogP contribution < -0.4 is 10.9 Å². The maximum absolute atomic E-state index is 12.3. The molecule has 0 aliphatic heterocycles. The van der Waals surface area contributed by atoms with Crippen molar-refractivity contribution < 1.29 is 17.9 Å². The van der Waals surface area contributed by atoms with Gasteiger partial charge in [0.1, 0.15) is 11.0 Å². The fraction of sp³-hybridized carbons (Fsp3) is 0.667. The summed E-state index contributed by atoms with van der Waals surface area (Å²) in [6.45, 7) is 2.90. The summed E-state index contributed by atoms with van der Waals surface area (Å²) in [4.78, 5) is 11.9. The van der Waals surface area contributed by atoms with E-state index in [0.29, 0.717) is 17.0 Å². The van der Waals surface area contributed by atoms with E-state index in [1.807, 2.05) is 13.8 Å². The lowest BCUT2D eigenvalue weighted by atomic mass is 10.1. The first-order valence-corrected chi connectivity index (χ1v) is 7.03. The molecule has 0 aliphatic carbocycles. The van der Waals surface area contributed by atoms with Crippen molar-refractivity contribution in [2.45, 2.75) is 32.6 Å². The van der Waals surface area contributed by atoms with Gasteiger partial charge in [0.2, 0.25) is 0 Å². The minimum absolute atomic E-state index is 0.0171. The molecule has 1 N–H and O–H groups in total. The summed E-state index contributed by atoms with van der Waals surface area (Å²) in [5.74, 6) is 0.203. The fourth-order valence-corrected chi connectivity index (χ4v) is 2.05. The average Bonchev–Trinajstić information content (AvgIpc) is 2.36. The van der Waals surface area contributed by atoms with Crippen LogP contribution in [0.15, 0.2) is 15.5 Å². The van der Waals surface area contributed by atoms with E-state index in [1.54, 1.807) is 7.11 Å². The summed E-state index contributed by atoms with van der Waals surface area (Å²) in [5.41, 5.74) is -0.494. The molecule has 0 aliphatic rings. The number of aromatic nitrogens is 2. The molecule has 0 fully saturated rings. The third kappa shape index (κ3) is 5.31. The average molecular weight is 372 g/mol. The van der Waals surface area contributed by atoms with E-state index in [-0.39, 0.29) is 16.4 Å². The second-order valence-corrected chi connectivity index (χ2v) is 5.69. The molecule has 0 saturated heterocycles. The predicted molar refractivity (Wildman–Crippen MR) is 76.4 cm³/mol. The molecule has 1 atom stereocenters. The third-order valence-corrected chi connectivity index (χ3v) is 3.57. The Hall–Kier alpha value is -1.09. The smallest absolute Gasteiger partial charge is 0.383 e. The molecule has 1 aromatic rings. The van der Waals surface area contributed by atoms with Crippen LogP contribution in [0.2, 0.25) is 0 Å². The highest BCUT2D eigenvalue weighted by Gasteiger charge is 2.29. The van der Waals surface area contributed by atoms with Gasteiger partial charge in [-0.1, -0.05) is 13.8 Å². The number of ether oxygens (including phenoxy) is 1. The molecular weight excluding hydrogens is 355 g/mol. The van der Waals surface area contributed by atoms with Crippen LogP contribution in [0, 0.1) is 5.92 Å². The van der Waals surface area contributed by atoms with Crippen molar-refractivity contribution in [3.63, 3.8) is 0 Å². The first-order chi connectivity index (χ1) is 9.65. The number of methoxy groups -OCH3 is 1. The van der Waals surface area contributed by atoms with Crippen LogP contribution in [0.25, 0.3) is 0 Å². The van der Waals surface area contributed by atoms with Crippen LogP contribution in [0.5, 0.6) is 0 Å². The number of alkyl halides is 3. The zero-order valence-electron chi connectivity index (χ0n) is 11.9. The van der Waals surface area contributed by atoms with Crippen LogP contribution in [0.4, 0.5) is 18.9 Å². The van der Waals surface area contributed by atoms with Crippen molar-refractivity contribution in [2.24, 2.45) is 5.92 Å². The monoisotopic (exact) mass is 371 g/mol. The van der Waals surface area contributed by atoms with E-state index < -0.39 is 18.3 Å². The largest absolute Gasteiger partial charge is 0.408 e. The SMILES string of the molecule is COCC(Nc1cnn(CC(F)(F)F)c(=O)c1Br)C(C)C. The summed E-state index contributed by atoms with van der Waals surface area (Å²) in [5, 5.41) is 6.60. The molecule has 21 heavy (non-hydrogen) atoms. The highest BCUT2D eigenvalue weighted by Crippen LogP contribution is 2.21.